The molecular formula is C58H92O6. The minimum Gasteiger partial charge on any atom is -0.462 e. The van der Waals surface area contributed by atoms with Gasteiger partial charge in [-0.1, -0.05) is 213 Å². The van der Waals surface area contributed by atoms with E-state index >= 15 is 0 Å². The Hall–Kier alpha value is -4.19. The van der Waals surface area contributed by atoms with Crippen LogP contribution >= 0.6 is 0 Å². The van der Waals surface area contributed by atoms with E-state index in [1.807, 2.05) is 36.5 Å². The van der Waals surface area contributed by atoms with Crippen LogP contribution in [0.15, 0.2) is 122 Å². The van der Waals surface area contributed by atoms with E-state index in [-0.39, 0.29) is 37.5 Å². The molecule has 0 aliphatic heterocycles. The molecule has 0 aliphatic carbocycles. The summed E-state index contributed by atoms with van der Waals surface area (Å²) in [6.45, 7) is 6.26. The van der Waals surface area contributed by atoms with E-state index in [1.54, 1.807) is 0 Å². The summed E-state index contributed by atoms with van der Waals surface area (Å²) in [5.74, 6) is -0.968. The van der Waals surface area contributed by atoms with Crippen molar-refractivity contribution in [3.8, 4) is 0 Å². The Morgan fingerprint density at radius 1 is 0.344 bits per heavy atom. The van der Waals surface area contributed by atoms with E-state index in [9.17, 15) is 14.4 Å². The number of allylic oxidation sites excluding steroid dienone is 20. The molecule has 0 aromatic carbocycles. The third-order valence-corrected chi connectivity index (χ3v) is 10.3. The standard InChI is InChI=1S/C58H92O6/c1-4-7-10-13-16-19-22-25-28-29-30-31-34-36-39-42-45-48-51-57(60)63-54-55(64-58(61)52-49-46-43-40-37-33-27-24-21-18-15-12-9-6-3)53-62-56(59)50-47-44-41-38-35-32-26-23-20-17-14-11-8-5-2/h8-13,16-22,25,27-31,33,55H,4-7,14-15,23-24,26,32,34-54H2,1-3H3/b11-8-,12-9-,13-10-,19-16-,20-17-,21-18-,25-22-,29-28-,31-30-,33-27-. The third-order valence-electron chi connectivity index (χ3n) is 10.3. The summed E-state index contributed by atoms with van der Waals surface area (Å²) >= 11 is 0. The van der Waals surface area contributed by atoms with Crippen molar-refractivity contribution in [2.75, 3.05) is 13.2 Å². The molecule has 0 fully saturated rings. The van der Waals surface area contributed by atoms with Crippen LogP contribution in [0.3, 0.4) is 0 Å². The molecule has 1 atom stereocenters. The monoisotopic (exact) mass is 885 g/mol. The van der Waals surface area contributed by atoms with Crippen LogP contribution in [0, 0.1) is 0 Å². The molecular weight excluding hydrogens is 793 g/mol. The molecule has 0 aromatic rings. The Morgan fingerprint density at radius 3 is 1.09 bits per heavy atom. The number of carbonyl (C=O) groups excluding carboxylic acids is 3. The first kappa shape index (κ1) is 59.8. The average molecular weight is 885 g/mol. The van der Waals surface area contributed by atoms with Gasteiger partial charge in [-0.15, -0.1) is 0 Å². The Labute approximate surface area is 392 Å². The second-order valence-corrected chi connectivity index (χ2v) is 16.4. The van der Waals surface area contributed by atoms with E-state index in [0.717, 1.165) is 135 Å². The quantitative estimate of drug-likeness (QED) is 0.0199. The lowest BCUT2D eigenvalue weighted by Crippen LogP contribution is -2.30. The van der Waals surface area contributed by atoms with Gasteiger partial charge in [-0.2, -0.15) is 0 Å². The Kier molecular flexibility index (Phi) is 48.1. The molecule has 0 saturated heterocycles. The molecule has 6 heteroatoms. The van der Waals surface area contributed by atoms with Gasteiger partial charge < -0.3 is 14.2 Å². The zero-order valence-corrected chi connectivity index (χ0v) is 41.0. The first-order valence-electron chi connectivity index (χ1n) is 25.6. The molecule has 360 valence electrons. The van der Waals surface area contributed by atoms with Crippen LogP contribution in [0.2, 0.25) is 0 Å². The van der Waals surface area contributed by atoms with Crippen molar-refractivity contribution in [3.05, 3.63) is 122 Å². The molecule has 0 radical (unpaired) electrons. The summed E-state index contributed by atoms with van der Waals surface area (Å²) in [5.41, 5.74) is 0. The van der Waals surface area contributed by atoms with Crippen molar-refractivity contribution in [1.29, 1.82) is 0 Å². The van der Waals surface area contributed by atoms with Crippen molar-refractivity contribution in [2.24, 2.45) is 0 Å². The van der Waals surface area contributed by atoms with E-state index in [2.05, 4.69) is 106 Å². The lowest BCUT2D eigenvalue weighted by molar-refractivity contribution is -0.167. The minimum atomic E-state index is -0.807. The second kappa shape index (κ2) is 51.4. The minimum absolute atomic E-state index is 0.104. The van der Waals surface area contributed by atoms with Crippen LogP contribution in [0.4, 0.5) is 0 Å². The highest BCUT2D eigenvalue weighted by Gasteiger charge is 2.19. The summed E-state index contributed by atoms with van der Waals surface area (Å²) in [6, 6.07) is 0. The van der Waals surface area contributed by atoms with E-state index in [1.165, 1.54) is 32.1 Å². The van der Waals surface area contributed by atoms with Crippen LogP contribution in [0.1, 0.15) is 207 Å². The molecule has 0 saturated carbocycles. The van der Waals surface area contributed by atoms with Crippen LogP contribution < -0.4 is 0 Å². The van der Waals surface area contributed by atoms with Crippen LogP contribution in [0.5, 0.6) is 0 Å². The van der Waals surface area contributed by atoms with Gasteiger partial charge in [0.25, 0.3) is 0 Å². The molecule has 0 aliphatic rings. The lowest BCUT2D eigenvalue weighted by atomic mass is 10.1. The fourth-order valence-corrected chi connectivity index (χ4v) is 6.52. The highest BCUT2D eigenvalue weighted by atomic mass is 16.6. The van der Waals surface area contributed by atoms with E-state index in [4.69, 9.17) is 14.2 Å². The molecule has 0 spiro atoms. The summed E-state index contributed by atoms with van der Waals surface area (Å²) in [7, 11) is 0. The molecule has 0 bridgehead atoms. The van der Waals surface area contributed by atoms with Gasteiger partial charge in [0.1, 0.15) is 13.2 Å². The molecule has 0 heterocycles. The summed E-state index contributed by atoms with van der Waals surface area (Å²) in [4.78, 5) is 38.0. The maximum Gasteiger partial charge on any atom is 0.306 e. The van der Waals surface area contributed by atoms with Gasteiger partial charge in [0.15, 0.2) is 6.10 Å². The van der Waals surface area contributed by atoms with Gasteiger partial charge in [0, 0.05) is 19.3 Å². The van der Waals surface area contributed by atoms with Crippen molar-refractivity contribution in [2.45, 2.75) is 213 Å². The fourth-order valence-electron chi connectivity index (χ4n) is 6.52. The number of esters is 3. The normalized spacial score (nSPS) is 13.1. The van der Waals surface area contributed by atoms with Crippen molar-refractivity contribution >= 4 is 17.9 Å². The lowest BCUT2D eigenvalue weighted by Gasteiger charge is -2.18. The molecule has 0 amide bonds. The SMILES string of the molecule is CC/C=C\C/C=C\C/C=C\CCCCCCC(=O)OC(COC(=O)CCCCCCC\C=C/C=C\C=C/C=C\C=C/CCC)COC(=O)CCCCCCCCC/C=C\C/C=C\CC. The van der Waals surface area contributed by atoms with Gasteiger partial charge in [0.05, 0.1) is 0 Å². The van der Waals surface area contributed by atoms with Crippen LogP contribution in [-0.2, 0) is 28.6 Å². The van der Waals surface area contributed by atoms with Gasteiger partial charge in [-0.05, 0) is 96.3 Å². The predicted molar refractivity (Wildman–Crippen MR) is 274 cm³/mol. The maximum absolute atomic E-state index is 12.8. The smallest absolute Gasteiger partial charge is 0.306 e. The van der Waals surface area contributed by atoms with Crippen molar-refractivity contribution < 1.29 is 28.6 Å². The van der Waals surface area contributed by atoms with Gasteiger partial charge in [-0.3, -0.25) is 14.4 Å². The topological polar surface area (TPSA) is 78.9 Å². The second-order valence-electron chi connectivity index (χ2n) is 16.4. The summed E-state index contributed by atoms with van der Waals surface area (Å²) < 4.78 is 16.8. The van der Waals surface area contributed by atoms with Crippen molar-refractivity contribution in [3.63, 3.8) is 0 Å². The predicted octanol–water partition coefficient (Wildman–Crippen LogP) is 16.9. The van der Waals surface area contributed by atoms with Crippen LogP contribution in [-0.4, -0.2) is 37.2 Å². The first-order valence-corrected chi connectivity index (χ1v) is 25.6. The number of carbonyl (C=O) groups is 3. The zero-order chi connectivity index (χ0) is 46.5. The highest BCUT2D eigenvalue weighted by Crippen LogP contribution is 2.13. The van der Waals surface area contributed by atoms with Crippen LogP contribution in [0.25, 0.3) is 0 Å². The number of hydrogen-bond donors (Lipinski definition) is 0. The zero-order valence-electron chi connectivity index (χ0n) is 41.0. The molecule has 1 unspecified atom stereocenters. The number of rotatable bonds is 44. The van der Waals surface area contributed by atoms with E-state index < -0.39 is 6.10 Å². The van der Waals surface area contributed by atoms with Gasteiger partial charge in [-0.25, -0.2) is 0 Å². The fraction of sp³-hybridized carbons (Fsp3) is 0.603. The largest absolute Gasteiger partial charge is 0.462 e. The summed E-state index contributed by atoms with van der Waals surface area (Å²) in [5, 5.41) is 0. The molecule has 0 aromatic heterocycles. The first-order chi connectivity index (χ1) is 31.5. The number of hydrogen-bond acceptors (Lipinski definition) is 6. The number of unbranched alkanes of at least 4 members (excludes halogenated alkanes) is 17. The highest BCUT2D eigenvalue weighted by molar-refractivity contribution is 5.71. The molecule has 0 rings (SSSR count). The third kappa shape index (κ3) is 48.8. The van der Waals surface area contributed by atoms with E-state index in [0.29, 0.717) is 12.8 Å². The van der Waals surface area contributed by atoms with Gasteiger partial charge >= 0.3 is 17.9 Å². The Balaban J connectivity index is 4.50. The maximum atomic E-state index is 12.8. The molecule has 0 N–H and O–H groups in total. The summed E-state index contributed by atoms with van der Waals surface area (Å²) in [6.07, 6.45) is 70.3. The number of ether oxygens (including phenoxy) is 3. The molecule has 6 nitrogen and oxygen atoms in total. The Morgan fingerprint density at radius 2 is 0.672 bits per heavy atom. The Bertz CT molecular complexity index is 1390. The average Bonchev–Trinajstić information content (AvgIpc) is 3.29. The van der Waals surface area contributed by atoms with Crippen molar-refractivity contribution in [1.82, 2.24) is 0 Å². The van der Waals surface area contributed by atoms with Gasteiger partial charge in [0.2, 0.25) is 0 Å². The molecule has 64 heavy (non-hydrogen) atoms.